The quantitative estimate of drug-likeness (QED) is 0.695. The summed E-state index contributed by atoms with van der Waals surface area (Å²) in [6.45, 7) is 3.68. The normalized spacial score (nSPS) is 19.5. The monoisotopic (exact) mass is 237 g/mol. The zero-order valence-corrected chi connectivity index (χ0v) is 10.1. The lowest BCUT2D eigenvalue weighted by Gasteiger charge is -2.33. The van der Waals surface area contributed by atoms with Crippen LogP contribution in [0.2, 0.25) is 0 Å². The number of likely N-dealkylation sites (N-methyl/N-ethyl adjacent to an activating group) is 1. The van der Waals surface area contributed by atoms with Crippen molar-refractivity contribution >= 4 is 18.3 Å². The molecule has 0 bridgehead atoms. The molecule has 0 spiro atoms. The van der Waals surface area contributed by atoms with E-state index in [2.05, 4.69) is 11.9 Å². The number of piperazine rings is 1. The Hall–Kier alpha value is -0.360. The SMILES string of the molecule is COCC(N)C(=O)N1CCN(C)CC1.Cl. The molecule has 1 aliphatic heterocycles. The van der Waals surface area contributed by atoms with Crippen molar-refractivity contribution in [2.45, 2.75) is 6.04 Å². The molecule has 1 fully saturated rings. The van der Waals surface area contributed by atoms with Gasteiger partial charge in [0.25, 0.3) is 0 Å². The molecule has 0 aliphatic carbocycles. The van der Waals surface area contributed by atoms with Crippen LogP contribution in [0.4, 0.5) is 0 Å². The minimum atomic E-state index is -0.511. The molecule has 1 amide bonds. The molecule has 0 aromatic carbocycles. The van der Waals surface area contributed by atoms with Crippen molar-refractivity contribution in [1.29, 1.82) is 0 Å². The molecule has 90 valence electrons. The highest BCUT2D eigenvalue weighted by Crippen LogP contribution is 2.01. The van der Waals surface area contributed by atoms with E-state index < -0.39 is 6.04 Å². The second kappa shape index (κ2) is 7.00. The summed E-state index contributed by atoms with van der Waals surface area (Å²) in [6, 6.07) is -0.511. The molecular weight excluding hydrogens is 218 g/mol. The predicted molar refractivity (Wildman–Crippen MR) is 61.2 cm³/mol. The van der Waals surface area contributed by atoms with Gasteiger partial charge in [-0.05, 0) is 7.05 Å². The van der Waals surface area contributed by atoms with Crippen LogP contribution in [0.15, 0.2) is 0 Å². The van der Waals surface area contributed by atoms with Gasteiger partial charge in [-0.2, -0.15) is 0 Å². The number of hydrogen-bond donors (Lipinski definition) is 1. The fourth-order valence-electron chi connectivity index (χ4n) is 1.51. The Morgan fingerprint density at radius 3 is 2.40 bits per heavy atom. The maximum absolute atomic E-state index is 11.7. The van der Waals surface area contributed by atoms with E-state index in [4.69, 9.17) is 10.5 Å². The van der Waals surface area contributed by atoms with Crippen LogP contribution in [0.25, 0.3) is 0 Å². The third-order valence-corrected chi connectivity index (χ3v) is 2.48. The number of amides is 1. The first-order valence-electron chi connectivity index (χ1n) is 4.87. The fraction of sp³-hybridized carbons (Fsp3) is 0.889. The van der Waals surface area contributed by atoms with Crippen LogP contribution in [0, 0.1) is 0 Å². The number of halogens is 1. The second-order valence-electron chi connectivity index (χ2n) is 3.69. The van der Waals surface area contributed by atoms with Crippen molar-refractivity contribution < 1.29 is 9.53 Å². The van der Waals surface area contributed by atoms with Crippen LogP contribution in [0.5, 0.6) is 0 Å². The van der Waals surface area contributed by atoms with E-state index in [9.17, 15) is 4.79 Å². The van der Waals surface area contributed by atoms with Crippen LogP contribution in [-0.2, 0) is 9.53 Å². The average Bonchev–Trinajstić information content (AvgIpc) is 2.18. The smallest absolute Gasteiger partial charge is 0.241 e. The molecule has 0 aromatic rings. The maximum Gasteiger partial charge on any atom is 0.241 e. The molecule has 1 heterocycles. The molecule has 0 saturated carbocycles. The third-order valence-electron chi connectivity index (χ3n) is 2.48. The number of hydrogen-bond acceptors (Lipinski definition) is 4. The van der Waals surface area contributed by atoms with Gasteiger partial charge in [0.15, 0.2) is 0 Å². The summed E-state index contributed by atoms with van der Waals surface area (Å²) in [4.78, 5) is 15.7. The van der Waals surface area contributed by atoms with Gasteiger partial charge in [0.05, 0.1) is 6.61 Å². The topological polar surface area (TPSA) is 58.8 Å². The van der Waals surface area contributed by atoms with E-state index in [1.807, 2.05) is 4.90 Å². The van der Waals surface area contributed by atoms with Crippen molar-refractivity contribution in [3.63, 3.8) is 0 Å². The van der Waals surface area contributed by atoms with E-state index in [1.165, 1.54) is 0 Å². The number of ether oxygens (including phenoxy) is 1. The van der Waals surface area contributed by atoms with Gasteiger partial charge in [-0.1, -0.05) is 0 Å². The van der Waals surface area contributed by atoms with Crippen molar-refractivity contribution in [2.24, 2.45) is 5.73 Å². The van der Waals surface area contributed by atoms with Crippen molar-refractivity contribution in [3.8, 4) is 0 Å². The molecular formula is C9H20ClN3O2. The zero-order valence-electron chi connectivity index (χ0n) is 9.31. The van der Waals surface area contributed by atoms with Gasteiger partial charge in [-0.15, -0.1) is 12.4 Å². The van der Waals surface area contributed by atoms with Crippen LogP contribution in [0.1, 0.15) is 0 Å². The van der Waals surface area contributed by atoms with Crippen LogP contribution in [0.3, 0.4) is 0 Å². The number of rotatable bonds is 3. The minimum Gasteiger partial charge on any atom is -0.383 e. The summed E-state index contributed by atoms with van der Waals surface area (Å²) in [5, 5.41) is 0. The van der Waals surface area contributed by atoms with Crippen molar-refractivity contribution in [3.05, 3.63) is 0 Å². The molecule has 0 aromatic heterocycles. The lowest BCUT2D eigenvalue weighted by Crippen LogP contribution is -2.53. The molecule has 1 atom stereocenters. The number of nitrogens with two attached hydrogens (primary N) is 1. The Bertz CT molecular complexity index is 196. The van der Waals surface area contributed by atoms with Gasteiger partial charge in [0.1, 0.15) is 6.04 Å². The highest BCUT2D eigenvalue weighted by Gasteiger charge is 2.23. The fourth-order valence-corrected chi connectivity index (χ4v) is 1.51. The molecule has 1 aliphatic rings. The van der Waals surface area contributed by atoms with Gasteiger partial charge in [0.2, 0.25) is 5.91 Å². The first kappa shape index (κ1) is 14.6. The Kier molecular flexibility index (Phi) is 6.84. The Labute approximate surface area is 96.9 Å². The summed E-state index contributed by atoms with van der Waals surface area (Å²) < 4.78 is 4.85. The van der Waals surface area contributed by atoms with Crippen LogP contribution < -0.4 is 5.73 Å². The maximum atomic E-state index is 11.7. The number of methoxy groups -OCH3 is 1. The first-order chi connectivity index (χ1) is 6.65. The molecule has 1 saturated heterocycles. The lowest BCUT2D eigenvalue weighted by molar-refractivity contribution is -0.135. The minimum absolute atomic E-state index is 0. The molecule has 1 rings (SSSR count). The van der Waals surface area contributed by atoms with Gasteiger partial charge < -0.3 is 20.3 Å². The summed E-state index contributed by atoms with van der Waals surface area (Å²) >= 11 is 0. The summed E-state index contributed by atoms with van der Waals surface area (Å²) in [6.07, 6.45) is 0. The van der Waals surface area contributed by atoms with Gasteiger partial charge >= 0.3 is 0 Å². The Morgan fingerprint density at radius 2 is 1.93 bits per heavy atom. The summed E-state index contributed by atoms with van der Waals surface area (Å²) in [5.41, 5.74) is 5.66. The van der Waals surface area contributed by atoms with Crippen molar-refractivity contribution in [2.75, 3.05) is 46.9 Å². The Morgan fingerprint density at radius 1 is 1.40 bits per heavy atom. The van der Waals surface area contributed by atoms with E-state index >= 15 is 0 Å². The highest BCUT2D eigenvalue weighted by atomic mass is 35.5. The second-order valence-corrected chi connectivity index (χ2v) is 3.69. The molecule has 5 nitrogen and oxygen atoms in total. The lowest BCUT2D eigenvalue weighted by atomic mass is 10.2. The highest BCUT2D eigenvalue weighted by molar-refractivity contribution is 5.85. The predicted octanol–water partition coefficient (Wildman–Crippen LogP) is -0.844. The first-order valence-corrected chi connectivity index (χ1v) is 4.87. The van der Waals surface area contributed by atoms with Crippen molar-refractivity contribution in [1.82, 2.24) is 9.80 Å². The van der Waals surface area contributed by atoms with Gasteiger partial charge in [-0.25, -0.2) is 0 Å². The zero-order chi connectivity index (χ0) is 10.6. The van der Waals surface area contributed by atoms with E-state index in [1.54, 1.807) is 7.11 Å². The number of carbonyl (C=O) groups excluding carboxylic acids is 1. The molecule has 1 unspecified atom stereocenters. The van der Waals surface area contributed by atoms with Gasteiger partial charge in [0, 0.05) is 33.3 Å². The van der Waals surface area contributed by atoms with Crippen LogP contribution in [-0.4, -0.2) is 68.7 Å². The summed E-state index contributed by atoms with van der Waals surface area (Å²) in [5.74, 6) is -0.0000463. The number of nitrogens with zero attached hydrogens (tertiary/aromatic N) is 2. The van der Waals surface area contributed by atoms with E-state index in [0.29, 0.717) is 6.61 Å². The molecule has 0 radical (unpaired) electrons. The van der Waals surface area contributed by atoms with E-state index in [0.717, 1.165) is 26.2 Å². The molecule has 15 heavy (non-hydrogen) atoms. The van der Waals surface area contributed by atoms with E-state index in [-0.39, 0.29) is 18.3 Å². The average molecular weight is 238 g/mol. The molecule has 6 heteroatoms. The third kappa shape index (κ3) is 4.34. The largest absolute Gasteiger partial charge is 0.383 e. The Balaban J connectivity index is 0.00000196. The van der Waals surface area contributed by atoms with Crippen LogP contribution >= 0.6 is 12.4 Å². The van der Waals surface area contributed by atoms with Gasteiger partial charge in [-0.3, -0.25) is 4.79 Å². The number of carbonyl (C=O) groups is 1. The standard InChI is InChI=1S/C9H19N3O2.ClH/c1-11-3-5-12(6-4-11)9(13)8(10)7-14-2;/h8H,3-7,10H2,1-2H3;1H. The summed E-state index contributed by atoms with van der Waals surface area (Å²) in [7, 11) is 3.61. The molecule has 2 N–H and O–H groups in total.